The van der Waals surface area contributed by atoms with E-state index in [0.29, 0.717) is 0 Å². The summed E-state index contributed by atoms with van der Waals surface area (Å²) in [6.07, 6.45) is 0. The summed E-state index contributed by atoms with van der Waals surface area (Å²) in [4.78, 5) is 4.76. The summed E-state index contributed by atoms with van der Waals surface area (Å²) in [6, 6.07) is 90.8. The number of aromatic nitrogens is 2. The molecule has 0 saturated carbocycles. The molecule has 338 valence electrons. The SMILES string of the molecule is c1ccc(N(c2ccccc2)c2cc(N(c3ccccc3)c3ccccc3)c3c(c2)c2c4oc5c(ccc6c5c5ccccc5n6-c5ccc6oc7ccccc7c6c5)c4ccc2n3-c2ccccc2)cc1. The van der Waals surface area contributed by atoms with Gasteiger partial charge in [-0.25, -0.2) is 0 Å². The number of hydrogen-bond donors (Lipinski definition) is 0. The number of hydrogen-bond acceptors (Lipinski definition) is 4. The van der Waals surface area contributed by atoms with Crippen LogP contribution >= 0.6 is 0 Å². The number of nitrogens with zero attached hydrogens (tertiary/aromatic N) is 4. The normalized spacial score (nSPS) is 11.9. The van der Waals surface area contributed by atoms with Gasteiger partial charge >= 0.3 is 0 Å². The minimum Gasteiger partial charge on any atom is -0.456 e. The van der Waals surface area contributed by atoms with Crippen LogP contribution in [0, 0.1) is 0 Å². The summed E-state index contributed by atoms with van der Waals surface area (Å²) in [6.45, 7) is 0. The standard InChI is InChI=1S/C66H42N4O2/c1-6-20-43(21-7-1)67(44-22-8-2-9-23-44)49-41-55-63-58(70(47-28-14-5-15-29-47)64(55)59(42-49)68(45-24-10-3-11-25-45)46-26-12-4-13-27-46)38-36-52-51-35-37-57-62(65(51)72-66(52)63)53-31-16-18-32-56(53)69(57)48-34-39-61-54(40-48)50-30-17-19-33-60(50)71-61/h1-42H. The Morgan fingerprint density at radius 3 is 1.40 bits per heavy atom. The maximum atomic E-state index is 7.58. The summed E-state index contributed by atoms with van der Waals surface area (Å²) in [5.41, 5.74) is 16.1. The minimum absolute atomic E-state index is 0.845. The molecule has 72 heavy (non-hydrogen) atoms. The molecule has 0 aliphatic heterocycles. The van der Waals surface area contributed by atoms with Crippen molar-refractivity contribution in [2.45, 2.75) is 0 Å². The van der Waals surface area contributed by atoms with Crippen molar-refractivity contribution < 1.29 is 8.83 Å². The molecule has 0 saturated heterocycles. The summed E-state index contributed by atoms with van der Waals surface area (Å²) in [5, 5.41) is 8.65. The smallest absolute Gasteiger partial charge is 0.145 e. The minimum atomic E-state index is 0.845. The van der Waals surface area contributed by atoms with Gasteiger partial charge in [0.1, 0.15) is 22.3 Å². The van der Waals surface area contributed by atoms with Crippen LogP contribution < -0.4 is 9.80 Å². The van der Waals surface area contributed by atoms with Crippen LogP contribution in [-0.4, -0.2) is 9.13 Å². The molecule has 0 bridgehead atoms. The second-order valence-electron chi connectivity index (χ2n) is 18.5. The van der Waals surface area contributed by atoms with Gasteiger partial charge in [-0.15, -0.1) is 0 Å². The van der Waals surface area contributed by atoms with Gasteiger partial charge in [-0.2, -0.15) is 0 Å². The fraction of sp³-hybridized carbons (Fsp3) is 0. The zero-order chi connectivity index (χ0) is 47.3. The highest BCUT2D eigenvalue weighted by atomic mass is 16.3. The van der Waals surface area contributed by atoms with E-state index < -0.39 is 0 Å². The van der Waals surface area contributed by atoms with Crippen molar-refractivity contribution in [1.29, 1.82) is 0 Å². The van der Waals surface area contributed by atoms with Crippen LogP contribution in [0.15, 0.2) is 264 Å². The van der Waals surface area contributed by atoms with Gasteiger partial charge in [-0.05, 0) is 127 Å². The molecular formula is C66H42N4O2. The van der Waals surface area contributed by atoms with E-state index in [1.54, 1.807) is 0 Å². The first-order valence-electron chi connectivity index (χ1n) is 24.4. The number of fused-ring (bicyclic) bond motifs is 14. The molecule has 15 rings (SSSR count). The Morgan fingerprint density at radius 2 is 0.778 bits per heavy atom. The average molecular weight is 923 g/mol. The third-order valence-corrected chi connectivity index (χ3v) is 14.4. The van der Waals surface area contributed by atoms with Gasteiger partial charge in [-0.3, -0.25) is 0 Å². The summed E-state index contributed by atoms with van der Waals surface area (Å²) in [7, 11) is 0. The van der Waals surface area contributed by atoms with Crippen molar-refractivity contribution in [3.8, 4) is 11.4 Å². The maximum Gasteiger partial charge on any atom is 0.145 e. The predicted octanol–water partition coefficient (Wildman–Crippen LogP) is 18.6. The van der Waals surface area contributed by atoms with Crippen molar-refractivity contribution in [2.24, 2.45) is 0 Å². The number of para-hydroxylation sites is 7. The zero-order valence-electron chi connectivity index (χ0n) is 38.9. The maximum absolute atomic E-state index is 7.58. The second-order valence-corrected chi connectivity index (χ2v) is 18.5. The lowest BCUT2D eigenvalue weighted by molar-refractivity contribution is 0.669. The molecule has 0 N–H and O–H groups in total. The Morgan fingerprint density at radius 1 is 0.278 bits per heavy atom. The average Bonchev–Trinajstić information content (AvgIpc) is 4.20. The van der Waals surface area contributed by atoms with E-state index in [9.17, 15) is 0 Å². The van der Waals surface area contributed by atoms with Crippen LogP contribution in [0.4, 0.5) is 34.1 Å². The highest BCUT2D eigenvalue weighted by Gasteiger charge is 2.28. The lowest BCUT2D eigenvalue weighted by Gasteiger charge is -2.30. The van der Waals surface area contributed by atoms with Crippen molar-refractivity contribution in [3.63, 3.8) is 0 Å². The van der Waals surface area contributed by atoms with Crippen molar-refractivity contribution in [1.82, 2.24) is 9.13 Å². The fourth-order valence-corrected chi connectivity index (χ4v) is 11.4. The molecule has 0 radical (unpaired) electrons. The van der Waals surface area contributed by atoms with Gasteiger partial charge in [-0.1, -0.05) is 127 Å². The van der Waals surface area contributed by atoms with E-state index in [4.69, 9.17) is 8.83 Å². The molecule has 6 heteroatoms. The summed E-state index contributed by atoms with van der Waals surface area (Å²) < 4.78 is 18.7. The van der Waals surface area contributed by atoms with Gasteiger partial charge in [0.25, 0.3) is 0 Å². The molecule has 4 heterocycles. The molecular weight excluding hydrogens is 881 g/mol. The molecule has 11 aromatic carbocycles. The van der Waals surface area contributed by atoms with E-state index in [1.165, 1.54) is 0 Å². The Kier molecular flexibility index (Phi) is 8.86. The van der Waals surface area contributed by atoms with Crippen LogP contribution in [0.5, 0.6) is 0 Å². The topological polar surface area (TPSA) is 42.6 Å². The lowest BCUT2D eigenvalue weighted by atomic mass is 10.0. The van der Waals surface area contributed by atoms with E-state index in [2.05, 4.69) is 262 Å². The van der Waals surface area contributed by atoms with Crippen LogP contribution in [0.1, 0.15) is 0 Å². The number of benzene rings is 11. The molecule has 0 aliphatic carbocycles. The molecule has 0 fully saturated rings. The fourth-order valence-electron chi connectivity index (χ4n) is 11.4. The van der Waals surface area contributed by atoms with E-state index in [-0.39, 0.29) is 0 Å². The number of rotatable bonds is 8. The highest BCUT2D eigenvalue weighted by Crippen LogP contribution is 2.51. The van der Waals surface area contributed by atoms with Gasteiger partial charge in [0.05, 0.1) is 38.5 Å². The Hall–Kier alpha value is -9.78. The lowest BCUT2D eigenvalue weighted by Crippen LogP contribution is -2.14. The number of furan rings is 2. The second kappa shape index (κ2) is 15.9. The largest absolute Gasteiger partial charge is 0.456 e. The molecule has 4 aromatic heterocycles. The molecule has 0 spiro atoms. The van der Waals surface area contributed by atoms with Gasteiger partial charge in [0.15, 0.2) is 0 Å². The van der Waals surface area contributed by atoms with Gasteiger partial charge < -0.3 is 27.8 Å². The Bertz CT molecular complexity index is 4480. The molecule has 15 aromatic rings. The first-order valence-corrected chi connectivity index (χ1v) is 24.4. The van der Waals surface area contributed by atoms with Gasteiger partial charge in [0.2, 0.25) is 0 Å². The van der Waals surface area contributed by atoms with Crippen LogP contribution in [0.25, 0.3) is 98.9 Å². The predicted molar refractivity (Wildman–Crippen MR) is 299 cm³/mol. The van der Waals surface area contributed by atoms with E-state index >= 15 is 0 Å². The highest BCUT2D eigenvalue weighted by molar-refractivity contribution is 6.30. The van der Waals surface area contributed by atoms with Crippen LogP contribution in [-0.2, 0) is 0 Å². The summed E-state index contributed by atoms with van der Waals surface area (Å²) >= 11 is 0. The number of anilines is 6. The third kappa shape index (κ3) is 6.03. The molecule has 0 amide bonds. The van der Waals surface area contributed by atoms with Gasteiger partial charge in [0, 0.05) is 72.1 Å². The molecule has 0 aliphatic rings. The summed E-state index contributed by atoms with van der Waals surface area (Å²) in [5.74, 6) is 0. The van der Waals surface area contributed by atoms with Crippen LogP contribution in [0.3, 0.4) is 0 Å². The molecule has 0 unspecified atom stereocenters. The van der Waals surface area contributed by atoms with E-state index in [1.807, 2.05) is 12.1 Å². The zero-order valence-corrected chi connectivity index (χ0v) is 38.9. The molecule has 0 atom stereocenters. The van der Waals surface area contributed by atoms with E-state index in [0.717, 1.165) is 133 Å². The monoisotopic (exact) mass is 922 g/mol. The third-order valence-electron chi connectivity index (χ3n) is 14.4. The van der Waals surface area contributed by atoms with Crippen molar-refractivity contribution in [3.05, 3.63) is 255 Å². The van der Waals surface area contributed by atoms with Crippen LogP contribution in [0.2, 0.25) is 0 Å². The first kappa shape index (κ1) is 40.1. The van der Waals surface area contributed by atoms with Crippen molar-refractivity contribution in [2.75, 3.05) is 9.80 Å². The molecule has 6 nitrogen and oxygen atoms in total. The Labute approximate surface area is 413 Å². The Balaban J connectivity index is 1.08. The van der Waals surface area contributed by atoms with Crippen molar-refractivity contribution >= 4 is 122 Å². The quantitative estimate of drug-likeness (QED) is 0.152. The first-order chi connectivity index (χ1) is 35.7.